The van der Waals surface area contributed by atoms with Gasteiger partial charge in [-0.3, -0.25) is 0 Å². The Bertz CT molecular complexity index is 713. The number of aromatic nitrogens is 1. The number of hydrogen-bond acceptors (Lipinski definition) is 3. The number of benzene rings is 2. The molecule has 0 spiro atoms. The number of nitrogens with two attached hydrogens (primary N) is 1. The molecule has 1 heterocycles. The Hall–Kier alpha value is -2.00. The van der Waals surface area contributed by atoms with Crippen LogP contribution in [0.15, 0.2) is 40.8 Å². The van der Waals surface area contributed by atoms with Crippen LogP contribution >= 0.6 is 11.6 Å². The monoisotopic (exact) mass is 258 g/mol. The third kappa shape index (κ3) is 1.93. The number of aryl methyl sites for hydroxylation is 1. The summed E-state index contributed by atoms with van der Waals surface area (Å²) in [6.45, 7) is 1.98. The molecule has 0 aliphatic heterocycles. The van der Waals surface area contributed by atoms with Crippen molar-refractivity contribution in [2.75, 3.05) is 5.73 Å². The number of fused-ring (bicyclic) bond motifs is 1. The predicted octanol–water partition coefficient (Wildman–Crippen LogP) is 4.04. The molecule has 0 aliphatic carbocycles. The quantitative estimate of drug-likeness (QED) is 0.670. The standard InChI is InChI=1S/C14H11ClN2O/c1-8-4-9(6-10(15)5-8)14-17-12-7-11(16)2-3-13(12)18-14/h2-7H,16H2,1H3. The van der Waals surface area contributed by atoms with Crippen LogP contribution in [0.5, 0.6) is 0 Å². The molecule has 3 rings (SSSR count). The summed E-state index contributed by atoms with van der Waals surface area (Å²) >= 11 is 6.03. The van der Waals surface area contributed by atoms with Gasteiger partial charge in [0.05, 0.1) is 0 Å². The Kier molecular flexibility index (Phi) is 2.49. The van der Waals surface area contributed by atoms with Gasteiger partial charge in [0.25, 0.3) is 0 Å². The van der Waals surface area contributed by atoms with Crippen molar-refractivity contribution in [3.63, 3.8) is 0 Å². The van der Waals surface area contributed by atoms with Gasteiger partial charge in [0.2, 0.25) is 5.89 Å². The van der Waals surface area contributed by atoms with Crippen molar-refractivity contribution in [3.05, 3.63) is 47.0 Å². The fourth-order valence-electron chi connectivity index (χ4n) is 1.93. The number of anilines is 1. The van der Waals surface area contributed by atoms with Gasteiger partial charge in [0.15, 0.2) is 5.58 Å². The van der Waals surface area contributed by atoms with E-state index in [1.54, 1.807) is 12.1 Å². The molecule has 3 nitrogen and oxygen atoms in total. The maximum atomic E-state index is 6.03. The van der Waals surface area contributed by atoms with Crippen LogP contribution in [0.4, 0.5) is 5.69 Å². The summed E-state index contributed by atoms with van der Waals surface area (Å²) in [5, 5.41) is 0.673. The number of halogens is 1. The lowest BCUT2D eigenvalue weighted by molar-refractivity contribution is 0.620. The predicted molar refractivity (Wildman–Crippen MR) is 73.6 cm³/mol. The molecular formula is C14H11ClN2O. The average molecular weight is 259 g/mol. The highest BCUT2D eigenvalue weighted by atomic mass is 35.5. The Morgan fingerprint density at radius 1 is 1.17 bits per heavy atom. The minimum absolute atomic E-state index is 0.557. The highest BCUT2D eigenvalue weighted by molar-refractivity contribution is 6.30. The molecule has 0 atom stereocenters. The summed E-state index contributed by atoms with van der Waals surface area (Å²) in [7, 11) is 0. The molecule has 0 saturated carbocycles. The van der Waals surface area contributed by atoms with Gasteiger partial charge in [-0.15, -0.1) is 0 Å². The van der Waals surface area contributed by atoms with Gasteiger partial charge < -0.3 is 10.2 Å². The van der Waals surface area contributed by atoms with Crippen LogP contribution < -0.4 is 5.73 Å². The van der Waals surface area contributed by atoms with Gasteiger partial charge in [0.1, 0.15) is 5.52 Å². The first-order valence-electron chi connectivity index (χ1n) is 5.55. The van der Waals surface area contributed by atoms with E-state index >= 15 is 0 Å². The first-order chi connectivity index (χ1) is 8.61. The number of hydrogen-bond donors (Lipinski definition) is 1. The first-order valence-corrected chi connectivity index (χ1v) is 5.93. The van der Waals surface area contributed by atoms with E-state index in [1.807, 2.05) is 31.2 Å². The van der Waals surface area contributed by atoms with E-state index in [-0.39, 0.29) is 0 Å². The Morgan fingerprint density at radius 2 is 2.00 bits per heavy atom. The Labute approximate surface area is 109 Å². The molecule has 0 unspecified atom stereocenters. The van der Waals surface area contributed by atoms with Gasteiger partial charge in [-0.1, -0.05) is 11.6 Å². The highest BCUT2D eigenvalue weighted by Crippen LogP contribution is 2.28. The fraction of sp³-hybridized carbons (Fsp3) is 0.0714. The maximum Gasteiger partial charge on any atom is 0.227 e. The largest absolute Gasteiger partial charge is 0.436 e. The van der Waals surface area contributed by atoms with Crippen LogP contribution in [0.2, 0.25) is 5.02 Å². The summed E-state index contributed by atoms with van der Waals surface area (Å²) in [6.07, 6.45) is 0. The fourth-order valence-corrected chi connectivity index (χ4v) is 2.22. The van der Waals surface area contributed by atoms with E-state index < -0.39 is 0 Å². The molecule has 3 aromatic rings. The second kappa shape index (κ2) is 4.03. The summed E-state index contributed by atoms with van der Waals surface area (Å²) in [5.41, 5.74) is 9.80. The van der Waals surface area contributed by atoms with Gasteiger partial charge in [0, 0.05) is 16.3 Å². The normalized spacial score (nSPS) is 11.0. The zero-order chi connectivity index (χ0) is 12.7. The van der Waals surface area contributed by atoms with Gasteiger partial charge in [-0.25, -0.2) is 4.98 Å². The summed E-state index contributed by atoms with van der Waals surface area (Å²) < 4.78 is 5.69. The lowest BCUT2D eigenvalue weighted by atomic mass is 10.1. The zero-order valence-electron chi connectivity index (χ0n) is 9.77. The number of rotatable bonds is 1. The van der Waals surface area contributed by atoms with Crippen molar-refractivity contribution in [3.8, 4) is 11.5 Å². The molecule has 18 heavy (non-hydrogen) atoms. The van der Waals surface area contributed by atoms with Crippen molar-refractivity contribution in [2.45, 2.75) is 6.92 Å². The second-order valence-electron chi connectivity index (χ2n) is 4.26. The number of nitrogens with zero attached hydrogens (tertiary/aromatic N) is 1. The summed E-state index contributed by atoms with van der Waals surface area (Å²) in [5.74, 6) is 0.557. The van der Waals surface area contributed by atoms with Gasteiger partial charge in [-0.05, 0) is 48.9 Å². The Morgan fingerprint density at radius 3 is 2.78 bits per heavy atom. The summed E-state index contributed by atoms with van der Waals surface area (Å²) in [4.78, 5) is 4.42. The minimum atomic E-state index is 0.557. The number of nitrogen functional groups attached to an aromatic ring is 1. The lowest BCUT2D eigenvalue weighted by Gasteiger charge is -1.98. The lowest BCUT2D eigenvalue weighted by Crippen LogP contribution is -1.82. The summed E-state index contributed by atoms with van der Waals surface area (Å²) in [6, 6.07) is 11.1. The maximum absolute atomic E-state index is 6.03. The van der Waals surface area contributed by atoms with Crippen LogP contribution in [0.1, 0.15) is 5.56 Å². The van der Waals surface area contributed by atoms with E-state index in [1.165, 1.54) is 0 Å². The van der Waals surface area contributed by atoms with Crippen LogP contribution in [0.25, 0.3) is 22.6 Å². The van der Waals surface area contributed by atoms with E-state index in [9.17, 15) is 0 Å². The van der Waals surface area contributed by atoms with Crippen LogP contribution in [-0.4, -0.2) is 4.98 Å². The van der Waals surface area contributed by atoms with Crippen LogP contribution in [0, 0.1) is 6.92 Å². The van der Waals surface area contributed by atoms with E-state index in [0.29, 0.717) is 16.6 Å². The van der Waals surface area contributed by atoms with Gasteiger partial charge in [-0.2, -0.15) is 0 Å². The number of oxazole rings is 1. The van der Waals surface area contributed by atoms with E-state index in [2.05, 4.69) is 4.98 Å². The molecular weight excluding hydrogens is 248 g/mol. The van der Waals surface area contributed by atoms with E-state index in [0.717, 1.165) is 22.2 Å². The molecule has 0 amide bonds. The molecule has 2 N–H and O–H groups in total. The third-order valence-corrected chi connectivity index (χ3v) is 2.92. The van der Waals surface area contributed by atoms with Crippen molar-refractivity contribution in [2.24, 2.45) is 0 Å². The smallest absolute Gasteiger partial charge is 0.227 e. The minimum Gasteiger partial charge on any atom is -0.436 e. The van der Waals surface area contributed by atoms with Crippen molar-refractivity contribution in [1.29, 1.82) is 0 Å². The molecule has 0 fully saturated rings. The van der Waals surface area contributed by atoms with Gasteiger partial charge >= 0.3 is 0 Å². The molecule has 0 saturated heterocycles. The molecule has 4 heteroatoms. The highest BCUT2D eigenvalue weighted by Gasteiger charge is 2.09. The molecule has 0 bridgehead atoms. The third-order valence-electron chi connectivity index (χ3n) is 2.70. The molecule has 2 aromatic carbocycles. The first kappa shape index (κ1) is 11.1. The molecule has 90 valence electrons. The second-order valence-corrected chi connectivity index (χ2v) is 4.70. The van der Waals surface area contributed by atoms with Crippen molar-refractivity contribution < 1.29 is 4.42 Å². The Balaban J connectivity index is 2.19. The SMILES string of the molecule is Cc1cc(Cl)cc(-c2nc3cc(N)ccc3o2)c1. The topological polar surface area (TPSA) is 52.0 Å². The van der Waals surface area contributed by atoms with Crippen LogP contribution in [-0.2, 0) is 0 Å². The zero-order valence-corrected chi connectivity index (χ0v) is 10.5. The van der Waals surface area contributed by atoms with Crippen molar-refractivity contribution in [1.82, 2.24) is 4.98 Å². The molecule has 0 aliphatic rings. The average Bonchev–Trinajstić information content (AvgIpc) is 2.70. The van der Waals surface area contributed by atoms with E-state index in [4.69, 9.17) is 21.8 Å². The molecule has 0 radical (unpaired) electrons. The molecule has 1 aromatic heterocycles. The van der Waals surface area contributed by atoms with Crippen molar-refractivity contribution >= 4 is 28.4 Å². The van der Waals surface area contributed by atoms with Crippen LogP contribution in [0.3, 0.4) is 0 Å².